The molecular formula is C15H13N5. The van der Waals surface area contributed by atoms with E-state index < -0.39 is 0 Å². The summed E-state index contributed by atoms with van der Waals surface area (Å²) in [5.74, 6) is 0.271. The molecule has 2 N–H and O–H groups in total. The summed E-state index contributed by atoms with van der Waals surface area (Å²) in [6.07, 6.45) is 3.38. The van der Waals surface area contributed by atoms with Crippen LogP contribution in [-0.2, 0) is 0 Å². The van der Waals surface area contributed by atoms with E-state index in [2.05, 4.69) is 26.7 Å². The first-order valence-corrected chi connectivity index (χ1v) is 6.15. The van der Waals surface area contributed by atoms with Crippen LogP contribution in [0, 0.1) is 6.92 Å². The van der Waals surface area contributed by atoms with Crippen molar-refractivity contribution in [2.45, 2.75) is 6.92 Å². The number of fused-ring (bicyclic) bond motifs is 1. The van der Waals surface area contributed by atoms with Crippen LogP contribution in [0.25, 0.3) is 16.5 Å². The third-order valence-corrected chi connectivity index (χ3v) is 3.19. The SMILES string of the molecule is C=C(c1ccc2nnccc2c1)c1cnc(N)nc1C. The van der Waals surface area contributed by atoms with E-state index in [0.29, 0.717) is 0 Å². The number of benzene rings is 1. The average molecular weight is 263 g/mol. The summed E-state index contributed by atoms with van der Waals surface area (Å²) in [6.45, 7) is 6.03. The summed E-state index contributed by atoms with van der Waals surface area (Å²) in [4.78, 5) is 8.20. The molecule has 0 saturated carbocycles. The zero-order chi connectivity index (χ0) is 14.1. The molecule has 98 valence electrons. The lowest BCUT2D eigenvalue weighted by Crippen LogP contribution is -2.00. The van der Waals surface area contributed by atoms with E-state index in [0.717, 1.165) is 33.3 Å². The van der Waals surface area contributed by atoms with Crippen LogP contribution in [0.3, 0.4) is 0 Å². The number of nitrogen functional groups attached to an aromatic ring is 1. The van der Waals surface area contributed by atoms with Crippen molar-refractivity contribution in [3.05, 3.63) is 60.1 Å². The number of anilines is 1. The Morgan fingerprint density at radius 3 is 2.90 bits per heavy atom. The lowest BCUT2D eigenvalue weighted by atomic mass is 9.98. The number of hydrogen-bond donors (Lipinski definition) is 1. The molecule has 0 aliphatic carbocycles. The Kier molecular flexibility index (Phi) is 2.87. The Labute approximate surface area is 116 Å². The van der Waals surface area contributed by atoms with E-state index in [1.807, 2.05) is 31.2 Å². The summed E-state index contributed by atoms with van der Waals surface area (Å²) in [5.41, 5.74) is 10.00. The molecule has 3 aromatic rings. The highest BCUT2D eigenvalue weighted by Gasteiger charge is 2.08. The molecule has 0 fully saturated rings. The molecular weight excluding hydrogens is 250 g/mol. The van der Waals surface area contributed by atoms with Crippen molar-refractivity contribution in [1.82, 2.24) is 20.2 Å². The fraction of sp³-hybridized carbons (Fsp3) is 0.0667. The van der Waals surface area contributed by atoms with Crippen LogP contribution in [0.5, 0.6) is 0 Å². The third kappa shape index (κ3) is 2.09. The predicted molar refractivity (Wildman–Crippen MR) is 78.9 cm³/mol. The van der Waals surface area contributed by atoms with Crippen LogP contribution in [0.2, 0.25) is 0 Å². The van der Waals surface area contributed by atoms with Gasteiger partial charge in [-0.1, -0.05) is 12.6 Å². The molecule has 3 rings (SSSR count). The maximum absolute atomic E-state index is 5.57. The van der Waals surface area contributed by atoms with Gasteiger partial charge in [0, 0.05) is 17.1 Å². The zero-order valence-corrected chi connectivity index (χ0v) is 11.0. The monoisotopic (exact) mass is 263 g/mol. The highest BCUT2D eigenvalue weighted by atomic mass is 15.1. The summed E-state index contributed by atoms with van der Waals surface area (Å²) < 4.78 is 0. The molecule has 5 nitrogen and oxygen atoms in total. The van der Waals surface area contributed by atoms with E-state index in [1.165, 1.54) is 0 Å². The second kappa shape index (κ2) is 4.70. The number of aromatic nitrogens is 4. The van der Waals surface area contributed by atoms with Crippen LogP contribution >= 0.6 is 0 Å². The van der Waals surface area contributed by atoms with Crippen molar-refractivity contribution in [3.63, 3.8) is 0 Å². The molecule has 0 aliphatic heterocycles. The molecule has 5 heteroatoms. The van der Waals surface area contributed by atoms with Crippen molar-refractivity contribution < 1.29 is 0 Å². The average Bonchev–Trinajstić information content (AvgIpc) is 2.46. The zero-order valence-electron chi connectivity index (χ0n) is 11.0. The van der Waals surface area contributed by atoms with E-state index in [9.17, 15) is 0 Å². The van der Waals surface area contributed by atoms with Gasteiger partial charge < -0.3 is 5.73 Å². The Morgan fingerprint density at radius 2 is 2.10 bits per heavy atom. The van der Waals surface area contributed by atoms with Gasteiger partial charge in [-0.2, -0.15) is 10.2 Å². The number of nitrogens with zero attached hydrogens (tertiary/aromatic N) is 4. The smallest absolute Gasteiger partial charge is 0.220 e. The molecule has 2 heterocycles. The Morgan fingerprint density at radius 1 is 1.25 bits per heavy atom. The molecule has 0 bridgehead atoms. The summed E-state index contributed by atoms with van der Waals surface area (Å²) in [5, 5.41) is 8.95. The normalized spacial score (nSPS) is 10.7. The van der Waals surface area contributed by atoms with Gasteiger partial charge in [-0.3, -0.25) is 0 Å². The minimum atomic E-state index is 0.271. The molecule has 0 atom stereocenters. The van der Waals surface area contributed by atoms with E-state index in [4.69, 9.17) is 5.73 Å². The second-order valence-electron chi connectivity index (χ2n) is 4.51. The minimum absolute atomic E-state index is 0.271. The molecule has 0 spiro atoms. The van der Waals surface area contributed by atoms with Gasteiger partial charge in [-0.05, 0) is 36.3 Å². The fourth-order valence-corrected chi connectivity index (χ4v) is 2.11. The Hall–Kier alpha value is -2.82. The third-order valence-electron chi connectivity index (χ3n) is 3.19. The van der Waals surface area contributed by atoms with E-state index in [-0.39, 0.29) is 5.95 Å². The standard InChI is InChI=1S/C15H13N5/c1-9(13-8-17-15(16)19-10(13)2)11-3-4-14-12(7-11)5-6-18-20-14/h3-8H,1H2,2H3,(H2,16,17,19). The first kappa shape index (κ1) is 12.2. The van der Waals surface area contributed by atoms with Gasteiger partial charge in [0.25, 0.3) is 0 Å². The van der Waals surface area contributed by atoms with Gasteiger partial charge >= 0.3 is 0 Å². The molecule has 0 aliphatic rings. The van der Waals surface area contributed by atoms with Crippen molar-refractivity contribution >= 4 is 22.4 Å². The lowest BCUT2D eigenvalue weighted by molar-refractivity contribution is 1.08. The molecule has 1 aromatic carbocycles. The van der Waals surface area contributed by atoms with Gasteiger partial charge in [-0.15, -0.1) is 0 Å². The highest BCUT2D eigenvalue weighted by Crippen LogP contribution is 2.25. The summed E-state index contributed by atoms with van der Waals surface area (Å²) in [7, 11) is 0. The number of nitrogens with two attached hydrogens (primary N) is 1. The van der Waals surface area contributed by atoms with Crippen molar-refractivity contribution in [1.29, 1.82) is 0 Å². The van der Waals surface area contributed by atoms with Crippen LogP contribution < -0.4 is 5.73 Å². The number of aryl methyl sites for hydroxylation is 1. The predicted octanol–water partition coefficient (Wildman–Crippen LogP) is 2.37. The quantitative estimate of drug-likeness (QED) is 0.768. The first-order valence-electron chi connectivity index (χ1n) is 6.15. The minimum Gasteiger partial charge on any atom is -0.368 e. The molecule has 2 aromatic heterocycles. The van der Waals surface area contributed by atoms with Crippen LogP contribution in [0.4, 0.5) is 5.95 Å². The van der Waals surface area contributed by atoms with E-state index in [1.54, 1.807) is 12.4 Å². The summed E-state index contributed by atoms with van der Waals surface area (Å²) >= 11 is 0. The summed E-state index contributed by atoms with van der Waals surface area (Å²) in [6, 6.07) is 7.85. The number of rotatable bonds is 2. The van der Waals surface area contributed by atoms with Crippen LogP contribution in [0.15, 0.2) is 43.2 Å². The van der Waals surface area contributed by atoms with Crippen LogP contribution in [0.1, 0.15) is 16.8 Å². The second-order valence-corrected chi connectivity index (χ2v) is 4.51. The molecule has 20 heavy (non-hydrogen) atoms. The topological polar surface area (TPSA) is 77.6 Å². The molecule has 0 saturated heterocycles. The van der Waals surface area contributed by atoms with Crippen molar-refractivity contribution in [2.24, 2.45) is 0 Å². The Bertz CT molecular complexity index is 810. The molecule has 0 radical (unpaired) electrons. The van der Waals surface area contributed by atoms with Gasteiger partial charge in [0.05, 0.1) is 17.4 Å². The van der Waals surface area contributed by atoms with Crippen LogP contribution in [-0.4, -0.2) is 20.2 Å². The van der Waals surface area contributed by atoms with Gasteiger partial charge in [0.15, 0.2) is 0 Å². The van der Waals surface area contributed by atoms with E-state index >= 15 is 0 Å². The fourth-order valence-electron chi connectivity index (χ4n) is 2.11. The maximum atomic E-state index is 5.57. The molecule has 0 unspecified atom stereocenters. The number of hydrogen-bond acceptors (Lipinski definition) is 5. The molecule has 0 amide bonds. The Balaban J connectivity index is 2.08. The first-order chi connectivity index (χ1) is 9.65. The van der Waals surface area contributed by atoms with Gasteiger partial charge in [0.1, 0.15) is 0 Å². The van der Waals surface area contributed by atoms with Crippen molar-refractivity contribution in [3.8, 4) is 0 Å². The van der Waals surface area contributed by atoms with Crippen molar-refractivity contribution in [2.75, 3.05) is 5.73 Å². The van der Waals surface area contributed by atoms with Gasteiger partial charge in [0.2, 0.25) is 5.95 Å². The maximum Gasteiger partial charge on any atom is 0.220 e. The highest BCUT2D eigenvalue weighted by molar-refractivity contribution is 5.86. The largest absolute Gasteiger partial charge is 0.368 e. The lowest BCUT2D eigenvalue weighted by Gasteiger charge is -2.09. The van der Waals surface area contributed by atoms with Gasteiger partial charge in [-0.25, -0.2) is 9.97 Å².